The highest BCUT2D eigenvalue weighted by atomic mass is 16.2. The number of piperazine rings is 1. The molecule has 0 atom stereocenters. The number of nitrogens with one attached hydrogen (secondary N) is 1. The summed E-state index contributed by atoms with van der Waals surface area (Å²) in [6.07, 6.45) is 2.43. The van der Waals surface area contributed by atoms with Crippen molar-refractivity contribution in [2.45, 2.75) is 26.2 Å². The van der Waals surface area contributed by atoms with Crippen molar-refractivity contribution in [1.29, 1.82) is 0 Å². The Bertz CT molecular complexity index is 1480. The van der Waals surface area contributed by atoms with Crippen LogP contribution >= 0.6 is 0 Å². The number of anilines is 1. The highest BCUT2D eigenvalue weighted by Crippen LogP contribution is 2.46. The van der Waals surface area contributed by atoms with Gasteiger partial charge in [0.2, 0.25) is 11.8 Å². The molecule has 2 aliphatic carbocycles. The summed E-state index contributed by atoms with van der Waals surface area (Å²) < 4.78 is 0. The molecule has 3 aromatic carbocycles. The number of primary amides is 1. The van der Waals surface area contributed by atoms with E-state index in [0.717, 1.165) is 83.7 Å². The molecule has 0 aromatic heterocycles. The molecule has 1 saturated carbocycles. The van der Waals surface area contributed by atoms with Gasteiger partial charge >= 0.3 is 0 Å². The minimum atomic E-state index is -0.462. The number of benzene rings is 3. The Balaban J connectivity index is 1.40. The molecule has 38 heavy (non-hydrogen) atoms. The average Bonchev–Trinajstić information content (AvgIpc) is 3.69. The van der Waals surface area contributed by atoms with Gasteiger partial charge in [0.1, 0.15) is 0 Å². The molecule has 3 aromatic rings. The number of carbonyl (C=O) groups is 3. The van der Waals surface area contributed by atoms with E-state index in [9.17, 15) is 14.4 Å². The first-order chi connectivity index (χ1) is 18.3. The molecule has 0 radical (unpaired) electrons. The zero-order valence-electron chi connectivity index (χ0n) is 21.8. The third-order valence-corrected chi connectivity index (χ3v) is 8.19. The maximum atomic E-state index is 13.3. The summed E-state index contributed by atoms with van der Waals surface area (Å²) in [5.74, 6) is -0.229. The first-order valence-electron chi connectivity index (χ1n) is 13.3. The zero-order chi connectivity index (χ0) is 26.6. The maximum Gasteiger partial charge on any atom is 0.253 e. The van der Waals surface area contributed by atoms with E-state index in [-0.39, 0.29) is 17.7 Å². The van der Waals surface area contributed by atoms with Gasteiger partial charge in [-0.1, -0.05) is 24.3 Å². The van der Waals surface area contributed by atoms with E-state index >= 15 is 0 Å². The molecule has 1 saturated heterocycles. The van der Waals surface area contributed by atoms with Crippen LogP contribution in [0.25, 0.3) is 22.3 Å². The SMILES string of the molecule is Cc1c(NC(=O)C2CC2)cccc1-c1ccc(C(N)=O)c2c1-c1ccc(C(=O)N3CCN(C)CC3)cc1C2. The summed E-state index contributed by atoms with van der Waals surface area (Å²) in [6, 6.07) is 15.6. The predicted molar refractivity (Wildman–Crippen MR) is 148 cm³/mol. The van der Waals surface area contributed by atoms with Crippen LogP contribution in [0.5, 0.6) is 0 Å². The number of nitrogens with two attached hydrogens (primary N) is 1. The van der Waals surface area contributed by atoms with Crippen LogP contribution in [0.15, 0.2) is 48.5 Å². The molecule has 6 rings (SSSR count). The molecule has 2 fully saturated rings. The highest BCUT2D eigenvalue weighted by molar-refractivity contribution is 6.04. The lowest BCUT2D eigenvalue weighted by atomic mass is 9.89. The Hall–Kier alpha value is -3.97. The smallest absolute Gasteiger partial charge is 0.253 e. The Morgan fingerprint density at radius 3 is 2.37 bits per heavy atom. The third kappa shape index (κ3) is 4.27. The molecule has 3 amide bonds. The largest absolute Gasteiger partial charge is 0.366 e. The summed E-state index contributed by atoms with van der Waals surface area (Å²) in [4.78, 5) is 42.3. The van der Waals surface area contributed by atoms with Crippen LogP contribution in [0.4, 0.5) is 5.69 Å². The van der Waals surface area contributed by atoms with E-state index in [1.165, 1.54) is 0 Å². The van der Waals surface area contributed by atoms with Crippen molar-refractivity contribution in [2.75, 3.05) is 38.5 Å². The summed E-state index contributed by atoms with van der Waals surface area (Å²) in [5.41, 5.74) is 14.6. The van der Waals surface area contributed by atoms with Crippen molar-refractivity contribution in [3.63, 3.8) is 0 Å². The lowest BCUT2D eigenvalue weighted by Crippen LogP contribution is -2.47. The van der Waals surface area contributed by atoms with Gasteiger partial charge in [0, 0.05) is 48.9 Å². The van der Waals surface area contributed by atoms with Gasteiger partial charge in [-0.2, -0.15) is 0 Å². The van der Waals surface area contributed by atoms with Crippen molar-refractivity contribution < 1.29 is 14.4 Å². The van der Waals surface area contributed by atoms with Crippen LogP contribution in [-0.2, 0) is 11.2 Å². The fraction of sp³-hybridized carbons (Fsp3) is 0.323. The predicted octanol–water partition coefficient (Wildman–Crippen LogP) is 4.07. The minimum Gasteiger partial charge on any atom is -0.366 e. The molecule has 194 valence electrons. The van der Waals surface area contributed by atoms with Gasteiger partial charge in [0.15, 0.2) is 0 Å². The van der Waals surface area contributed by atoms with Crippen LogP contribution in [0.1, 0.15) is 50.2 Å². The number of likely N-dealkylation sites (N-methyl/N-ethyl adjacent to an activating group) is 1. The lowest BCUT2D eigenvalue weighted by Gasteiger charge is -2.32. The second-order valence-corrected chi connectivity index (χ2v) is 10.8. The van der Waals surface area contributed by atoms with Crippen molar-refractivity contribution in [2.24, 2.45) is 11.7 Å². The summed E-state index contributed by atoms with van der Waals surface area (Å²) in [7, 11) is 2.07. The Morgan fingerprint density at radius 1 is 0.921 bits per heavy atom. The Labute approximate surface area is 222 Å². The number of carbonyl (C=O) groups excluding carboxylic acids is 3. The number of amides is 3. The third-order valence-electron chi connectivity index (χ3n) is 8.19. The molecule has 3 N–H and O–H groups in total. The molecule has 1 aliphatic heterocycles. The van der Waals surface area contributed by atoms with Crippen LogP contribution in [0, 0.1) is 12.8 Å². The number of fused-ring (bicyclic) bond motifs is 3. The number of nitrogens with zero attached hydrogens (tertiary/aromatic N) is 2. The number of hydrogen-bond acceptors (Lipinski definition) is 4. The topological polar surface area (TPSA) is 95.7 Å². The first-order valence-corrected chi connectivity index (χ1v) is 13.3. The summed E-state index contributed by atoms with van der Waals surface area (Å²) >= 11 is 0. The fourth-order valence-electron chi connectivity index (χ4n) is 5.74. The van der Waals surface area contributed by atoms with Crippen LogP contribution in [-0.4, -0.2) is 60.7 Å². The van der Waals surface area contributed by atoms with Crippen molar-refractivity contribution >= 4 is 23.4 Å². The number of hydrogen-bond donors (Lipinski definition) is 2. The van der Waals surface area contributed by atoms with E-state index in [1.54, 1.807) is 6.07 Å². The molecule has 3 aliphatic rings. The molecule has 0 bridgehead atoms. The highest BCUT2D eigenvalue weighted by Gasteiger charge is 2.31. The van der Waals surface area contributed by atoms with Gasteiger partial charge in [0.05, 0.1) is 0 Å². The minimum absolute atomic E-state index is 0.0437. The quantitative estimate of drug-likeness (QED) is 0.425. The monoisotopic (exact) mass is 508 g/mol. The van der Waals surface area contributed by atoms with Crippen LogP contribution < -0.4 is 11.1 Å². The van der Waals surface area contributed by atoms with Crippen LogP contribution in [0.2, 0.25) is 0 Å². The standard InChI is InChI=1S/C31H32N4O3/c1-18-22(4-3-5-27(18)33-30(37)19-6-7-19)24-10-11-25(29(32)36)26-17-21-16-20(8-9-23(21)28(24)26)31(38)35-14-12-34(2)13-15-35/h3-5,8-11,16,19H,6-7,12-15,17H2,1-2H3,(H2,32,36)(H,33,37). The molecule has 7 nitrogen and oxygen atoms in total. The van der Waals surface area contributed by atoms with Gasteiger partial charge in [0.25, 0.3) is 5.91 Å². The molecule has 1 heterocycles. The summed E-state index contributed by atoms with van der Waals surface area (Å²) in [5, 5.41) is 3.09. The fourth-order valence-corrected chi connectivity index (χ4v) is 5.74. The Morgan fingerprint density at radius 2 is 1.66 bits per heavy atom. The van der Waals surface area contributed by atoms with E-state index in [4.69, 9.17) is 5.73 Å². The molecule has 0 unspecified atom stereocenters. The Kier molecular flexibility index (Phi) is 6.03. The molecular formula is C31H32N4O3. The van der Waals surface area contributed by atoms with Gasteiger partial charge < -0.3 is 20.9 Å². The average molecular weight is 509 g/mol. The lowest BCUT2D eigenvalue weighted by molar-refractivity contribution is -0.117. The van der Waals surface area contributed by atoms with Gasteiger partial charge in [-0.05, 0) is 96.4 Å². The molecule has 7 heteroatoms. The van der Waals surface area contributed by atoms with E-state index in [2.05, 4.69) is 17.3 Å². The van der Waals surface area contributed by atoms with Gasteiger partial charge in [-0.15, -0.1) is 0 Å². The number of rotatable bonds is 5. The second kappa shape index (κ2) is 9.40. The van der Waals surface area contributed by atoms with E-state index in [1.807, 2.05) is 54.3 Å². The van der Waals surface area contributed by atoms with Gasteiger partial charge in [-0.3, -0.25) is 14.4 Å². The second-order valence-electron chi connectivity index (χ2n) is 10.8. The first kappa shape index (κ1) is 24.4. The molecule has 0 spiro atoms. The molecular weight excluding hydrogens is 476 g/mol. The van der Waals surface area contributed by atoms with Gasteiger partial charge in [-0.25, -0.2) is 0 Å². The van der Waals surface area contributed by atoms with Crippen molar-refractivity contribution in [3.05, 3.63) is 76.3 Å². The van der Waals surface area contributed by atoms with Crippen molar-refractivity contribution in [3.8, 4) is 22.3 Å². The van der Waals surface area contributed by atoms with E-state index in [0.29, 0.717) is 17.5 Å². The summed E-state index contributed by atoms with van der Waals surface area (Å²) in [6.45, 7) is 5.19. The maximum absolute atomic E-state index is 13.3. The van der Waals surface area contributed by atoms with Crippen molar-refractivity contribution in [1.82, 2.24) is 9.80 Å². The van der Waals surface area contributed by atoms with Crippen LogP contribution in [0.3, 0.4) is 0 Å². The van der Waals surface area contributed by atoms with E-state index < -0.39 is 5.91 Å². The normalized spacial score (nSPS) is 16.6. The zero-order valence-corrected chi connectivity index (χ0v) is 21.8.